The Morgan fingerprint density at radius 1 is 1.28 bits per heavy atom. The SMILES string of the molecule is O=C(NCC12CCC(CC1)CC2)c1cn(CCO)c2c(Cl)cccc12. The lowest BCUT2D eigenvalue weighted by molar-refractivity contribution is 0.0598. The van der Waals surface area contributed by atoms with Crippen molar-refractivity contribution < 1.29 is 9.90 Å². The van der Waals surface area contributed by atoms with Gasteiger partial charge in [-0.05, 0) is 55.9 Å². The van der Waals surface area contributed by atoms with E-state index in [0.29, 0.717) is 22.5 Å². The van der Waals surface area contributed by atoms with E-state index in [1.807, 2.05) is 29.0 Å². The van der Waals surface area contributed by atoms with Gasteiger partial charge in [-0.2, -0.15) is 0 Å². The molecule has 5 rings (SSSR count). The maximum atomic E-state index is 12.9. The molecule has 1 amide bonds. The first-order valence-electron chi connectivity index (χ1n) is 9.28. The molecule has 0 spiro atoms. The van der Waals surface area contributed by atoms with E-state index in [1.165, 1.54) is 38.5 Å². The minimum absolute atomic E-state index is 0.0142. The minimum Gasteiger partial charge on any atom is -0.395 e. The van der Waals surface area contributed by atoms with Crippen molar-refractivity contribution in [3.63, 3.8) is 0 Å². The number of aliphatic hydroxyl groups is 1. The van der Waals surface area contributed by atoms with Crippen molar-refractivity contribution in [1.29, 1.82) is 0 Å². The number of hydrogen-bond donors (Lipinski definition) is 2. The first-order chi connectivity index (χ1) is 12.1. The number of rotatable bonds is 5. The van der Waals surface area contributed by atoms with E-state index in [1.54, 1.807) is 0 Å². The van der Waals surface area contributed by atoms with E-state index in [0.717, 1.165) is 23.4 Å². The highest BCUT2D eigenvalue weighted by atomic mass is 35.5. The standard InChI is InChI=1S/C20H25ClN2O2/c21-17-3-1-2-15-16(12-23(10-11-24)18(15)17)19(25)22-13-20-7-4-14(5-8-20)6-9-20/h1-3,12,14,24H,4-11,13H2,(H,22,25). The molecule has 3 aliphatic rings. The third-order valence-corrected chi connectivity index (χ3v) is 6.61. The van der Waals surface area contributed by atoms with Gasteiger partial charge in [-0.25, -0.2) is 0 Å². The number of fused-ring (bicyclic) bond motifs is 4. The summed E-state index contributed by atoms with van der Waals surface area (Å²) in [7, 11) is 0. The molecule has 2 bridgehead atoms. The molecule has 3 saturated carbocycles. The van der Waals surface area contributed by atoms with Crippen molar-refractivity contribution in [2.75, 3.05) is 13.2 Å². The number of aromatic nitrogens is 1. The fraction of sp³-hybridized carbons (Fsp3) is 0.550. The van der Waals surface area contributed by atoms with Crippen LogP contribution in [-0.4, -0.2) is 28.7 Å². The monoisotopic (exact) mass is 360 g/mol. The third kappa shape index (κ3) is 3.06. The lowest BCUT2D eigenvalue weighted by Crippen LogP contribution is -2.43. The number of benzene rings is 1. The van der Waals surface area contributed by atoms with Gasteiger partial charge in [0, 0.05) is 24.7 Å². The minimum atomic E-state index is -0.0361. The second-order valence-corrected chi connectivity index (χ2v) is 8.17. The number of hydrogen-bond acceptors (Lipinski definition) is 2. The first-order valence-corrected chi connectivity index (χ1v) is 9.66. The van der Waals surface area contributed by atoms with Crippen LogP contribution in [-0.2, 0) is 6.54 Å². The summed E-state index contributed by atoms with van der Waals surface area (Å²) in [5.74, 6) is 0.891. The average Bonchev–Trinajstić information content (AvgIpc) is 3.02. The van der Waals surface area contributed by atoms with E-state index in [2.05, 4.69) is 5.32 Å². The molecule has 25 heavy (non-hydrogen) atoms. The van der Waals surface area contributed by atoms with Crippen LogP contribution in [0, 0.1) is 11.3 Å². The summed E-state index contributed by atoms with van der Waals surface area (Å²) in [6.07, 6.45) is 9.52. The van der Waals surface area contributed by atoms with Crippen molar-refractivity contribution in [3.05, 3.63) is 35.0 Å². The number of nitrogens with one attached hydrogen (secondary N) is 1. The summed E-state index contributed by atoms with van der Waals surface area (Å²) in [5, 5.41) is 13.9. The number of carbonyl (C=O) groups is 1. The topological polar surface area (TPSA) is 54.3 Å². The van der Waals surface area contributed by atoms with E-state index in [4.69, 9.17) is 11.6 Å². The number of aliphatic hydroxyl groups excluding tert-OH is 1. The Balaban J connectivity index is 1.57. The highest BCUT2D eigenvalue weighted by molar-refractivity contribution is 6.35. The molecule has 2 aromatic rings. The summed E-state index contributed by atoms with van der Waals surface area (Å²) in [4.78, 5) is 12.9. The smallest absolute Gasteiger partial charge is 0.253 e. The van der Waals surface area contributed by atoms with Crippen LogP contribution in [0.2, 0.25) is 5.02 Å². The normalized spacial score (nSPS) is 25.4. The van der Waals surface area contributed by atoms with E-state index < -0.39 is 0 Å². The molecule has 3 fully saturated rings. The molecule has 5 heteroatoms. The summed E-state index contributed by atoms with van der Waals surface area (Å²) < 4.78 is 1.87. The molecule has 3 aliphatic carbocycles. The number of amides is 1. The molecule has 134 valence electrons. The molecule has 0 radical (unpaired) electrons. The molecule has 0 saturated heterocycles. The van der Waals surface area contributed by atoms with Crippen LogP contribution < -0.4 is 5.32 Å². The molecular weight excluding hydrogens is 336 g/mol. The second-order valence-electron chi connectivity index (χ2n) is 7.76. The predicted molar refractivity (Wildman–Crippen MR) is 100.0 cm³/mol. The molecule has 1 heterocycles. The average molecular weight is 361 g/mol. The van der Waals surface area contributed by atoms with Gasteiger partial charge >= 0.3 is 0 Å². The molecule has 0 atom stereocenters. The van der Waals surface area contributed by atoms with Crippen molar-refractivity contribution in [2.24, 2.45) is 11.3 Å². The van der Waals surface area contributed by atoms with E-state index >= 15 is 0 Å². The van der Waals surface area contributed by atoms with Crippen molar-refractivity contribution in [1.82, 2.24) is 9.88 Å². The van der Waals surface area contributed by atoms with Gasteiger partial charge in [-0.3, -0.25) is 4.79 Å². The van der Waals surface area contributed by atoms with Crippen molar-refractivity contribution >= 4 is 28.4 Å². The zero-order chi connectivity index (χ0) is 17.4. The van der Waals surface area contributed by atoms with E-state index in [9.17, 15) is 9.90 Å². The van der Waals surface area contributed by atoms with Crippen LogP contribution in [0.5, 0.6) is 0 Å². The Kier molecular flexibility index (Phi) is 4.50. The van der Waals surface area contributed by atoms with Crippen molar-refractivity contribution in [3.8, 4) is 0 Å². The van der Waals surface area contributed by atoms with Crippen LogP contribution in [0.25, 0.3) is 10.9 Å². The van der Waals surface area contributed by atoms with Gasteiger partial charge in [0.15, 0.2) is 0 Å². The maximum absolute atomic E-state index is 12.9. The Morgan fingerprint density at radius 3 is 2.68 bits per heavy atom. The number of para-hydroxylation sites is 1. The molecule has 1 aromatic carbocycles. The van der Waals surface area contributed by atoms with E-state index in [-0.39, 0.29) is 12.5 Å². The van der Waals surface area contributed by atoms with Crippen LogP contribution in [0.1, 0.15) is 48.9 Å². The lowest BCUT2D eigenvalue weighted by Gasteiger charge is -2.46. The number of halogens is 1. The lowest BCUT2D eigenvalue weighted by atomic mass is 9.61. The Bertz CT molecular complexity index is 777. The maximum Gasteiger partial charge on any atom is 0.253 e. The van der Waals surface area contributed by atoms with Gasteiger partial charge in [0.1, 0.15) is 0 Å². The number of carbonyl (C=O) groups excluding carboxylic acids is 1. The van der Waals surface area contributed by atoms with Gasteiger partial charge in [-0.1, -0.05) is 23.7 Å². The van der Waals surface area contributed by atoms with Crippen LogP contribution in [0.15, 0.2) is 24.4 Å². The van der Waals surface area contributed by atoms with Gasteiger partial charge in [0.05, 0.1) is 22.7 Å². The van der Waals surface area contributed by atoms with Crippen molar-refractivity contribution in [2.45, 2.75) is 45.1 Å². The third-order valence-electron chi connectivity index (χ3n) is 6.31. The second kappa shape index (κ2) is 6.65. The molecule has 0 aliphatic heterocycles. The van der Waals surface area contributed by atoms with Gasteiger partial charge < -0.3 is 15.0 Å². The fourth-order valence-corrected chi connectivity index (χ4v) is 5.03. The van der Waals surface area contributed by atoms with Crippen LogP contribution in [0.4, 0.5) is 0 Å². The quantitative estimate of drug-likeness (QED) is 0.847. The molecular formula is C20H25ClN2O2. The Hall–Kier alpha value is -1.52. The highest BCUT2D eigenvalue weighted by Crippen LogP contribution is 2.49. The molecule has 4 nitrogen and oxygen atoms in total. The zero-order valence-electron chi connectivity index (χ0n) is 14.4. The largest absolute Gasteiger partial charge is 0.395 e. The van der Waals surface area contributed by atoms with Crippen LogP contribution >= 0.6 is 11.6 Å². The summed E-state index contributed by atoms with van der Waals surface area (Å²) >= 11 is 6.33. The van der Waals surface area contributed by atoms with Gasteiger partial charge in [0.25, 0.3) is 5.91 Å². The molecule has 2 N–H and O–H groups in total. The molecule has 0 unspecified atom stereocenters. The van der Waals surface area contributed by atoms with Gasteiger partial charge in [0.2, 0.25) is 0 Å². The van der Waals surface area contributed by atoms with Crippen LogP contribution in [0.3, 0.4) is 0 Å². The first kappa shape index (κ1) is 16.9. The van der Waals surface area contributed by atoms with Gasteiger partial charge in [-0.15, -0.1) is 0 Å². The summed E-state index contributed by atoms with van der Waals surface area (Å²) in [6.45, 7) is 1.21. The Morgan fingerprint density at radius 2 is 2.00 bits per heavy atom. The summed E-state index contributed by atoms with van der Waals surface area (Å²) in [5.41, 5.74) is 1.78. The zero-order valence-corrected chi connectivity index (χ0v) is 15.2. The Labute approximate surface area is 153 Å². The fourth-order valence-electron chi connectivity index (χ4n) is 4.75. The highest BCUT2D eigenvalue weighted by Gasteiger charge is 2.40. The molecule has 1 aromatic heterocycles. The number of nitrogens with zero attached hydrogens (tertiary/aromatic N) is 1. The summed E-state index contributed by atoms with van der Waals surface area (Å²) in [6, 6.07) is 5.61. The predicted octanol–water partition coefficient (Wildman–Crippen LogP) is 3.99.